The van der Waals surface area contributed by atoms with Crippen LogP contribution in [-0.2, 0) is 0 Å². The molecule has 180 valence electrons. The van der Waals surface area contributed by atoms with Crippen LogP contribution in [0.25, 0.3) is 0 Å². The fourth-order valence-electron chi connectivity index (χ4n) is 4.44. The minimum absolute atomic E-state index is 1.31. The summed E-state index contributed by atoms with van der Waals surface area (Å²) in [4.78, 5) is 0. The van der Waals surface area contributed by atoms with E-state index < -0.39 is 0 Å². The van der Waals surface area contributed by atoms with Gasteiger partial charge in [-0.15, -0.1) is 0 Å². The molecular formula is C30H60. The van der Waals surface area contributed by atoms with Gasteiger partial charge in [0.25, 0.3) is 0 Å². The molecule has 0 aliphatic heterocycles. The summed E-state index contributed by atoms with van der Waals surface area (Å²) < 4.78 is 0. The zero-order chi connectivity index (χ0) is 21.8. The Bertz CT molecular complexity index is 303. The van der Waals surface area contributed by atoms with Gasteiger partial charge in [-0.25, -0.2) is 0 Å². The van der Waals surface area contributed by atoms with Crippen LogP contribution in [0.1, 0.15) is 181 Å². The molecule has 0 unspecified atom stereocenters. The van der Waals surface area contributed by atoms with Gasteiger partial charge in [-0.2, -0.15) is 0 Å². The number of hydrogen-bond acceptors (Lipinski definition) is 0. The van der Waals surface area contributed by atoms with Crippen molar-refractivity contribution >= 4 is 0 Å². The fraction of sp³-hybridized carbons (Fsp3) is 0.933. The highest BCUT2D eigenvalue weighted by molar-refractivity contribution is 4.81. The van der Waals surface area contributed by atoms with Crippen molar-refractivity contribution in [2.75, 3.05) is 0 Å². The topological polar surface area (TPSA) is 0 Å². The normalized spacial score (nSPS) is 11.7. The number of rotatable bonds is 26. The van der Waals surface area contributed by atoms with Crippen LogP contribution < -0.4 is 0 Å². The molecule has 0 heteroatoms. The average molecular weight is 421 g/mol. The van der Waals surface area contributed by atoms with Crippen LogP contribution in [-0.4, -0.2) is 0 Å². The van der Waals surface area contributed by atoms with Crippen LogP contribution in [0.2, 0.25) is 0 Å². The highest BCUT2D eigenvalue weighted by Gasteiger charge is 1.95. The first-order valence-electron chi connectivity index (χ1n) is 14.6. The van der Waals surface area contributed by atoms with Crippen molar-refractivity contribution in [1.29, 1.82) is 0 Å². The number of allylic oxidation sites excluding steroid dienone is 2. The molecule has 0 N–H and O–H groups in total. The molecule has 0 fully saturated rings. The Balaban J connectivity index is 3.04. The lowest BCUT2D eigenvalue weighted by Crippen LogP contribution is -1.84. The summed E-state index contributed by atoms with van der Waals surface area (Å²) in [5.41, 5.74) is 0. The van der Waals surface area contributed by atoms with E-state index in [1.165, 1.54) is 167 Å². The first-order chi connectivity index (χ1) is 14.9. The van der Waals surface area contributed by atoms with Gasteiger partial charge in [-0.3, -0.25) is 0 Å². The van der Waals surface area contributed by atoms with E-state index in [0.717, 1.165) is 0 Å². The predicted molar refractivity (Wildman–Crippen MR) is 141 cm³/mol. The molecule has 0 aromatic carbocycles. The minimum atomic E-state index is 1.31. The van der Waals surface area contributed by atoms with Crippen LogP contribution in [0.4, 0.5) is 0 Å². The first-order valence-corrected chi connectivity index (χ1v) is 14.6. The van der Waals surface area contributed by atoms with E-state index in [9.17, 15) is 0 Å². The summed E-state index contributed by atoms with van der Waals surface area (Å²) >= 11 is 0. The largest absolute Gasteiger partial charge is 0.0885 e. The van der Waals surface area contributed by atoms with E-state index in [-0.39, 0.29) is 0 Å². The highest BCUT2D eigenvalue weighted by Crippen LogP contribution is 2.15. The Morgan fingerprint density at radius 2 is 0.467 bits per heavy atom. The van der Waals surface area contributed by atoms with Crippen molar-refractivity contribution in [2.45, 2.75) is 181 Å². The molecule has 30 heavy (non-hydrogen) atoms. The lowest BCUT2D eigenvalue weighted by molar-refractivity contribution is 0.525. The molecular weight excluding hydrogens is 360 g/mol. The SMILES string of the molecule is CCCCCCCC/C=C\CCCCCCCCCCCCCCCCCCCC. The van der Waals surface area contributed by atoms with Gasteiger partial charge >= 0.3 is 0 Å². The van der Waals surface area contributed by atoms with Crippen LogP contribution in [0.3, 0.4) is 0 Å². The van der Waals surface area contributed by atoms with Gasteiger partial charge in [0, 0.05) is 0 Å². The van der Waals surface area contributed by atoms with Crippen molar-refractivity contribution in [1.82, 2.24) is 0 Å². The maximum Gasteiger partial charge on any atom is -0.0351 e. The van der Waals surface area contributed by atoms with Gasteiger partial charge in [0.1, 0.15) is 0 Å². The zero-order valence-electron chi connectivity index (χ0n) is 21.5. The summed E-state index contributed by atoms with van der Waals surface area (Å²) in [5.74, 6) is 0. The molecule has 0 saturated heterocycles. The Morgan fingerprint density at radius 1 is 0.267 bits per heavy atom. The van der Waals surface area contributed by atoms with Gasteiger partial charge < -0.3 is 0 Å². The van der Waals surface area contributed by atoms with Crippen LogP contribution in [0.5, 0.6) is 0 Å². The smallest absolute Gasteiger partial charge is 0.0351 e. The molecule has 0 radical (unpaired) electrons. The molecule has 0 bridgehead atoms. The van der Waals surface area contributed by atoms with Crippen molar-refractivity contribution < 1.29 is 0 Å². The molecule has 0 aromatic heterocycles. The second-order valence-corrected chi connectivity index (χ2v) is 9.83. The maximum absolute atomic E-state index is 2.44. The summed E-state index contributed by atoms with van der Waals surface area (Å²) in [5, 5.41) is 0. The lowest BCUT2D eigenvalue weighted by Gasteiger charge is -2.03. The van der Waals surface area contributed by atoms with Crippen LogP contribution in [0.15, 0.2) is 12.2 Å². The maximum atomic E-state index is 2.44. The number of unbranched alkanes of at least 4 members (excludes halogenated alkanes) is 24. The molecule has 0 amide bonds. The molecule has 0 aromatic rings. The third-order valence-electron chi connectivity index (χ3n) is 6.62. The molecule has 0 aliphatic rings. The van der Waals surface area contributed by atoms with Gasteiger partial charge in [-0.05, 0) is 25.7 Å². The summed E-state index contributed by atoms with van der Waals surface area (Å²) in [6.07, 6.45) is 42.4. The van der Waals surface area contributed by atoms with E-state index >= 15 is 0 Å². The van der Waals surface area contributed by atoms with Crippen molar-refractivity contribution in [3.63, 3.8) is 0 Å². The van der Waals surface area contributed by atoms with E-state index in [1.807, 2.05) is 0 Å². The molecule has 0 spiro atoms. The van der Waals surface area contributed by atoms with Gasteiger partial charge in [-0.1, -0.05) is 167 Å². The second-order valence-electron chi connectivity index (χ2n) is 9.83. The molecule has 0 rings (SSSR count). The molecule has 0 saturated carbocycles. The van der Waals surface area contributed by atoms with Crippen LogP contribution >= 0.6 is 0 Å². The summed E-state index contributed by atoms with van der Waals surface area (Å²) in [6.45, 7) is 4.60. The Kier molecular flexibility index (Phi) is 28.5. The fourth-order valence-corrected chi connectivity index (χ4v) is 4.44. The predicted octanol–water partition coefficient (Wildman–Crippen LogP) is 11.7. The lowest BCUT2D eigenvalue weighted by atomic mass is 10.0. The van der Waals surface area contributed by atoms with Gasteiger partial charge in [0.2, 0.25) is 0 Å². The second kappa shape index (κ2) is 28.7. The third kappa shape index (κ3) is 27.7. The Hall–Kier alpha value is -0.260. The Labute approximate surface area is 193 Å². The molecule has 0 aliphatic carbocycles. The highest BCUT2D eigenvalue weighted by atomic mass is 14.0. The summed E-state index contributed by atoms with van der Waals surface area (Å²) in [7, 11) is 0. The van der Waals surface area contributed by atoms with E-state index in [2.05, 4.69) is 26.0 Å². The monoisotopic (exact) mass is 420 g/mol. The summed E-state index contributed by atoms with van der Waals surface area (Å²) in [6, 6.07) is 0. The average Bonchev–Trinajstić information content (AvgIpc) is 2.76. The molecule has 0 heterocycles. The zero-order valence-corrected chi connectivity index (χ0v) is 21.5. The minimum Gasteiger partial charge on any atom is -0.0885 e. The van der Waals surface area contributed by atoms with E-state index in [1.54, 1.807) is 0 Å². The quantitative estimate of drug-likeness (QED) is 0.0963. The Morgan fingerprint density at radius 3 is 0.700 bits per heavy atom. The van der Waals surface area contributed by atoms with E-state index in [0.29, 0.717) is 0 Å². The first kappa shape index (κ1) is 29.7. The van der Waals surface area contributed by atoms with Gasteiger partial charge in [0.05, 0.1) is 0 Å². The number of hydrogen-bond donors (Lipinski definition) is 0. The van der Waals surface area contributed by atoms with E-state index in [4.69, 9.17) is 0 Å². The van der Waals surface area contributed by atoms with Crippen LogP contribution in [0, 0.1) is 0 Å². The van der Waals surface area contributed by atoms with Crippen molar-refractivity contribution in [3.05, 3.63) is 12.2 Å². The van der Waals surface area contributed by atoms with Crippen molar-refractivity contribution in [2.24, 2.45) is 0 Å². The van der Waals surface area contributed by atoms with Crippen molar-refractivity contribution in [3.8, 4) is 0 Å². The standard InChI is InChI=1S/C30H60/c1-3-5-7-9-11-13-15-17-19-21-23-25-27-29-30-28-26-24-22-20-18-16-14-12-10-8-6-4-2/h17,19H,3-16,18,20-30H2,1-2H3/b19-17-. The molecule has 0 nitrogen and oxygen atoms in total. The molecule has 0 atom stereocenters. The third-order valence-corrected chi connectivity index (χ3v) is 6.62. The van der Waals surface area contributed by atoms with Gasteiger partial charge in [0.15, 0.2) is 0 Å².